The van der Waals surface area contributed by atoms with Crippen LogP contribution in [0.1, 0.15) is 43.7 Å². The lowest BCUT2D eigenvalue weighted by molar-refractivity contribution is 0.439. The van der Waals surface area contributed by atoms with Crippen LogP contribution in [0.5, 0.6) is 0 Å². The Bertz CT molecular complexity index is 541. The summed E-state index contributed by atoms with van der Waals surface area (Å²) in [6, 6.07) is 3.76. The second kappa shape index (κ2) is 4.22. The van der Waals surface area contributed by atoms with Crippen LogP contribution in [-0.4, -0.2) is 9.38 Å². The molecule has 3 rings (SSSR count). The van der Waals surface area contributed by atoms with Crippen molar-refractivity contribution in [3.8, 4) is 0 Å². The number of halogens is 1. The van der Waals surface area contributed by atoms with Crippen molar-refractivity contribution in [3.63, 3.8) is 0 Å². The van der Waals surface area contributed by atoms with E-state index < -0.39 is 0 Å². The molecule has 0 radical (unpaired) electrons. The normalized spacial score (nSPS) is 17.7. The van der Waals surface area contributed by atoms with Gasteiger partial charge in [0.25, 0.3) is 0 Å². The van der Waals surface area contributed by atoms with Gasteiger partial charge in [-0.15, -0.1) is 0 Å². The predicted octanol–water partition coefficient (Wildman–Crippen LogP) is 3.62. The Kier molecular flexibility index (Phi) is 2.71. The Hall–Kier alpha value is -1.22. The van der Waals surface area contributed by atoms with E-state index in [4.69, 9.17) is 17.3 Å². The number of nitrogen functional groups attached to an aromatic ring is 1. The maximum absolute atomic E-state index is 6.18. The number of hydrogen-bond donors (Lipinski definition) is 1. The van der Waals surface area contributed by atoms with Gasteiger partial charge in [0.1, 0.15) is 5.82 Å². The highest BCUT2D eigenvalue weighted by molar-refractivity contribution is 6.33. The minimum Gasteiger partial charge on any atom is -0.383 e. The zero-order chi connectivity index (χ0) is 11.8. The maximum Gasteiger partial charge on any atom is 0.157 e. The molecule has 2 N–H and O–H groups in total. The highest BCUT2D eigenvalue weighted by Crippen LogP contribution is 2.36. The van der Waals surface area contributed by atoms with E-state index in [0.717, 1.165) is 17.2 Å². The maximum atomic E-state index is 6.18. The van der Waals surface area contributed by atoms with Crippen molar-refractivity contribution < 1.29 is 0 Å². The number of pyridine rings is 1. The fourth-order valence-electron chi connectivity index (χ4n) is 2.75. The van der Waals surface area contributed by atoms with Gasteiger partial charge in [0.15, 0.2) is 5.65 Å². The van der Waals surface area contributed by atoms with Crippen molar-refractivity contribution in [1.82, 2.24) is 9.38 Å². The molecule has 0 aliphatic heterocycles. The van der Waals surface area contributed by atoms with Crippen molar-refractivity contribution >= 4 is 23.1 Å². The Morgan fingerprint density at radius 1 is 1.29 bits per heavy atom. The Morgan fingerprint density at radius 3 is 2.76 bits per heavy atom. The summed E-state index contributed by atoms with van der Waals surface area (Å²) in [7, 11) is 0. The Balaban J connectivity index is 2.10. The first-order chi connectivity index (χ1) is 8.27. The molecule has 0 saturated heterocycles. The van der Waals surface area contributed by atoms with E-state index in [1.165, 1.54) is 32.1 Å². The first-order valence-electron chi connectivity index (χ1n) is 6.19. The molecule has 0 amide bonds. The molecule has 0 spiro atoms. The van der Waals surface area contributed by atoms with E-state index in [-0.39, 0.29) is 0 Å². The summed E-state index contributed by atoms with van der Waals surface area (Å²) in [6.45, 7) is 0. The molecule has 90 valence electrons. The van der Waals surface area contributed by atoms with Gasteiger partial charge in [-0.2, -0.15) is 0 Å². The fourth-order valence-corrected chi connectivity index (χ4v) is 2.95. The van der Waals surface area contributed by atoms with E-state index in [9.17, 15) is 0 Å². The Labute approximate surface area is 106 Å². The number of nitrogens with two attached hydrogens (primary N) is 1. The summed E-state index contributed by atoms with van der Waals surface area (Å²) >= 11 is 6.14. The average molecular weight is 250 g/mol. The SMILES string of the molecule is Nc1c(C2CCCCC2)nc2c(Cl)cccn12. The minimum absolute atomic E-state index is 0.514. The van der Waals surface area contributed by atoms with Crippen molar-refractivity contribution in [2.45, 2.75) is 38.0 Å². The van der Waals surface area contributed by atoms with E-state index in [1.807, 2.05) is 22.7 Å². The molecule has 0 aromatic carbocycles. The molecule has 17 heavy (non-hydrogen) atoms. The van der Waals surface area contributed by atoms with Gasteiger partial charge in [-0.3, -0.25) is 4.40 Å². The fraction of sp³-hybridized carbons (Fsp3) is 0.462. The lowest BCUT2D eigenvalue weighted by Crippen LogP contribution is -2.07. The molecule has 2 heterocycles. The molecule has 1 saturated carbocycles. The van der Waals surface area contributed by atoms with Crippen LogP contribution in [0.2, 0.25) is 5.02 Å². The smallest absolute Gasteiger partial charge is 0.157 e. The summed E-state index contributed by atoms with van der Waals surface area (Å²) in [6.07, 6.45) is 8.23. The van der Waals surface area contributed by atoms with E-state index in [2.05, 4.69) is 4.98 Å². The summed E-state index contributed by atoms with van der Waals surface area (Å²) in [4.78, 5) is 4.64. The zero-order valence-electron chi connectivity index (χ0n) is 9.69. The summed E-state index contributed by atoms with van der Waals surface area (Å²) in [5.41, 5.74) is 8.00. The molecule has 0 bridgehead atoms. The lowest BCUT2D eigenvalue weighted by Gasteiger charge is -2.20. The average Bonchev–Trinajstić information content (AvgIpc) is 2.70. The first kappa shape index (κ1) is 10.9. The van der Waals surface area contributed by atoms with Crippen LogP contribution < -0.4 is 5.73 Å². The van der Waals surface area contributed by atoms with Gasteiger partial charge >= 0.3 is 0 Å². The van der Waals surface area contributed by atoms with Crippen LogP contribution in [0.4, 0.5) is 5.82 Å². The zero-order valence-corrected chi connectivity index (χ0v) is 10.5. The van der Waals surface area contributed by atoms with Crippen LogP contribution >= 0.6 is 11.6 Å². The van der Waals surface area contributed by atoms with E-state index in [0.29, 0.717) is 10.9 Å². The van der Waals surface area contributed by atoms with Crippen LogP contribution in [0.3, 0.4) is 0 Å². The third-order valence-corrected chi connectivity index (χ3v) is 3.95. The van der Waals surface area contributed by atoms with Crippen molar-refractivity contribution in [2.24, 2.45) is 0 Å². The molecule has 1 fully saturated rings. The molecule has 0 unspecified atom stereocenters. The largest absolute Gasteiger partial charge is 0.383 e. The number of rotatable bonds is 1. The van der Waals surface area contributed by atoms with E-state index in [1.54, 1.807) is 0 Å². The summed E-state index contributed by atoms with van der Waals surface area (Å²) in [5, 5.41) is 0.668. The summed E-state index contributed by atoms with van der Waals surface area (Å²) in [5.74, 6) is 1.27. The van der Waals surface area contributed by atoms with Gasteiger partial charge in [0, 0.05) is 12.1 Å². The number of hydrogen-bond acceptors (Lipinski definition) is 2. The monoisotopic (exact) mass is 249 g/mol. The molecule has 1 aliphatic carbocycles. The molecule has 2 aromatic heterocycles. The van der Waals surface area contributed by atoms with Gasteiger partial charge < -0.3 is 5.73 Å². The Morgan fingerprint density at radius 2 is 2.06 bits per heavy atom. The minimum atomic E-state index is 0.514. The van der Waals surface area contributed by atoms with E-state index >= 15 is 0 Å². The number of aromatic nitrogens is 2. The van der Waals surface area contributed by atoms with Crippen molar-refractivity contribution in [1.29, 1.82) is 0 Å². The van der Waals surface area contributed by atoms with Gasteiger partial charge in [-0.05, 0) is 25.0 Å². The van der Waals surface area contributed by atoms with Gasteiger partial charge in [0.05, 0.1) is 10.7 Å². The number of imidazole rings is 1. The van der Waals surface area contributed by atoms with Gasteiger partial charge in [-0.1, -0.05) is 30.9 Å². The molecule has 3 nitrogen and oxygen atoms in total. The van der Waals surface area contributed by atoms with Gasteiger partial charge in [0.2, 0.25) is 0 Å². The van der Waals surface area contributed by atoms with Crippen LogP contribution in [0.15, 0.2) is 18.3 Å². The standard InChI is InChI=1S/C13H16ClN3/c14-10-7-4-8-17-12(15)11(16-13(10)17)9-5-2-1-3-6-9/h4,7-9H,1-3,5-6,15H2. The quantitative estimate of drug-likeness (QED) is 0.839. The van der Waals surface area contributed by atoms with Crippen molar-refractivity contribution in [2.75, 3.05) is 5.73 Å². The van der Waals surface area contributed by atoms with Crippen LogP contribution in [0, 0.1) is 0 Å². The highest BCUT2D eigenvalue weighted by Gasteiger charge is 2.22. The second-order valence-electron chi connectivity index (χ2n) is 4.77. The van der Waals surface area contributed by atoms with Crippen LogP contribution in [-0.2, 0) is 0 Å². The number of fused-ring (bicyclic) bond motifs is 1. The highest BCUT2D eigenvalue weighted by atomic mass is 35.5. The molecular weight excluding hydrogens is 234 g/mol. The molecule has 1 aliphatic rings. The third-order valence-electron chi connectivity index (χ3n) is 3.66. The van der Waals surface area contributed by atoms with Crippen LogP contribution in [0.25, 0.3) is 5.65 Å². The third kappa shape index (κ3) is 1.78. The van der Waals surface area contributed by atoms with Gasteiger partial charge in [-0.25, -0.2) is 4.98 Å². The lowest BCUT2D eigenvalue weighted by atomic mass is 9.87. The predicted molar refractivity (Wildman–Crippen MR) is 70.4 cm³/mol. The molecule has 4 heteroatoms. The summed E-state index contributed by atoms with van der Waals surface area (Å²) < 4.78 is 1.90. The molecule has 0 atom stereocenters. The van der Waals surface area contributed by atoms with Crippen molar-refractivity contribution in [3.05, 3.63) is 29.0 Å². The molecular formula is C13H16ClN3. The second-order valence-corrected chi connectivity index (χ2v) is 5.17. The first-order valence-corrected chi connectivity index (χ1v) is 6.57. The number of anilines is 1. The topological polar surface area (TPSA) is 43.3 Å². The number of nitrogens with zero attached hydrogens (tertiary/aromatic N) is 2. The molecule has 2 aromatic rings.